The van der Waals surface area contributed by atoms with Crippen LogP contribution in [0.1, 0.15) is 10.5 Å². The number of ether oxygens (including phenoxy) is 2. The highest BCUT2D eigenvalue weighted by molar-refractivity contribution is 7.14. The van der Waals surface area contributed by atoms with Crippen LogP contribution in [0.15, 0.2) is 23.6 Å². The van der Waals surface area contributed by atoms with Crippen LogP contribution in [0.2, 0.25) is 0 Å². The minimum absolute atomic E-state index is 0.167. The Bertz CT molecular complexity index is 600. The van der Waals surface area contributed by atoms with Gasteiger partial charge >= 0.3 is 5.97 Å². The molecule has 1 aromatic heterocycles. The van der Waals surface area contributed by atoms with Gasteiger partial charge in [0, 0.05) is 17.1 Å². The van der Waals surface area contributed by atoms with E-state index in [1.165, 1.54) is 37.7 Å². The Balaban J connectivity index is 2.15. The molecule has 2 aromatic rings. The summed E-state index contributed by atoms with van der Waals surface area (Å²) < 4.78 is 22.9. The lowest BCUT2D eigenvalue weighted by atomic mass is 10.3. The molecule has 7 heteroatoms. The molecule has 1 N–H and O–H groups in total. The van der Waals surface area contributed by atoms with E-state index in [9.17, 15) is 9.18 Å². The van der Waals surface area contributed by atoms with Gasteiger partial charge in [0.15, 0.2) is 22.4 Å². The van der Waals surface area contributed by atoms with Gasteiger partial charge in [0.2, 0.25) is 0 Å². The molecule has 0 unspecified atom stereocenters. The number of hydrogen-bond acceptors (Lipinski definition) is 6. The first-order chi connectivity index (χ1) is 9.13. The first-order valence-corrected chi connectivity index (χ1v) is 6.16. The molecule has 0 aliphatic rings. The molecule has 0 radical (unpaired) electrons. The van der Waals surface area contributed by atoms with E-state index in [0.717, 1.165) is 0 Å². The second-order valence-electron chi connectivity index (χ2n) is 3.50. The highest BCUT2D eigenvalue weighted by atomic mass is 32.1. The van der Waals surface area contributed by atoms with Crippen LogP contribution in [-0.4, -0.2) is 25.2 Å². The van der Waals surface area contributed by atoms with Gasteiger partial charge in [-0.05, 0) is 12.1 Å². The van der Waals surface area contributed by atoms with E-state index in [-0.39, 0.29) is 11.4 Å². The van der Waals surface area contributed by atoms with Crippen molar-refractivity contribution in [3.05, 3.63) is 35.1 Å². The van der Waals surface area contributed by atoms with Gasteiger partial charge in [0.05, 0.1) is 14.2 Å². The molecule has 5 nitrogen and oxygen atoms in total. The molecule has 0 aliphatic heterocycles. The minimum Gasteiger partial charge on any atom is -0.494 e. The highest BCUT2D eigenvalue weighted by Crippen LogP contribution is 2.25. The first-order valence-electron chi connectivity index (χ1n) is 5.28. The standard InChI is InChI=1S/C12H11FN2O3S/c1-17-10-4-3-7(5-8(10)13)14-12-15-9(6-19-12)11(16)18-2/h3-6H,1-2H3,(H,14,15). The van der Waals surface area contributed by atoms with E-state index in [2.05, 4.69) is 15.0 Å². The number of carbonyl (C=O) groups is 1. The average molecular weight is 282 g/mol. The van der Waals surface area contributed by atoms with Crippen LogP contribution in [0, 0.1) is 5.82 Å². The second kappa shape index (κ2) is 5.66. The van der Waals surface area contributed by atoms with Crippen molar-refractivity contribution in [2.75, 3.05) is 19.5 Å². The number of esters is 1. The summed E-state index contributed by atoms with van der Waals surface area (Å²) in [5, 5.41) is 4.94. The van der Waals surface area contributed by atoms with Crippen molar-refractivity contribution in [1.29, 1.82) is 0 Å². The van der Waals surface area contributed by atoms with E-state index in [0.29, 0.717) is 10.8 Å². The molecule has 2 rings (SSSR count). The molecular weight excluding hydrogens is 271 g/mol. The predicted molar refractivity (Wildman–Crippen MR) is 69.7 cm³/mol. The number of aromatic nitrogens is 1. The molecule has 0 aliphatic carbocycles. The SMILES string of the molecule is COC(=O)c1csc(Nc2ccc(OC)c(F)c2)n1. The van der Waals surface area contributed by atoms with Crippen molar-refractivity contribution in [2.24, 2.45) is 0 Å². The molecule has 0 atom stereocenters. The minimum atomic E-state index is -0.509. The molecular formula is C12H11FN2O3S. The van der Waals surface area contributed by atoms with E-state index < -0.39 is 11.8 Å². The summed E-state index contributed by atoms with van der Waals surface area (Å²) in [6, 6.07) is 4.45. The zero-order valence-corrected chi connectivity index (χ0v) is 11.1. The number of rotatable bonds is 4. The summed E-state index contributed by atoms with van der Waals surface area (Å²) in [4.78, 5) is 15.3. The number of carbonyl (C=O) groups excluding carboxylic acids is 1. The van der Waals surface area contributed by atoms with E-state index in [4.69, 9.17) is 4.74 Å². The third-order valence-electron chi connectivity index (χ3n) is 2.30. The summed E-state index contributed by atoms with van der Waals surface area (Å²) in [6.07, 6.45) is 0. The monoisotopic (exact) mass is 282 g/mol. The lowest BCUT2D eigenvalue weighted by Crippen LogP contribution is -2.01. The third-order valence-corrected chi connectivity index (χ3v) is 3.06. The van der Waals surface area contributed by atoms with Crippen molar-refractivity contribution >= 4 is 28.1 Å². The maximum atomic E-state index is 13.5. The molecule has 1 aromatic carbocycles. The number of hydrogen-bond donors (Lipinski definition) is 1. The Morgan fingerprint density at radius 2 is 2.21 bits per heavy atom. The van der Waals surface area contributed by atoms with Gasteiger partial charge < -0.3 is 14.8 Å². The van der Waals surface area contributed by atoms with Gasteiger partial charge in [-0.15, -0.1) is 11.3 Å². The molecule has 0 saturated heterocycles. The molecule has 0 fully saturated rings. The quantitative estimate of drug-likeness (QED) is 0.874. The zero-order chi connectivity index (χ0) is 13.8. The first kappa shape index (κ1) is 13.3. The number of methoxy groups -OCH3 is 2. The van der Waals surface area contributed by atoms with Crippen LogP contribution in [0.4, 0.5) is 15.2 Å². The Labute approximate surface area is 113 Å². The van der Waals surface area contributed by atoms with Crippen molar-refractivity contribution < 1.29 is 18.7 Å². The van der Waals surface area contributed by atoms with Crippen LogP contribution in [0.5, 0.6) is 5.75 Å². The van der Waals surface area contributed by atoms with Crippen LogP contribution >= 0.6 is 11.3 Å². The van der Waals surface area contributed by atoms with Gasteiger partial charge in [-0.2, -0.15) is 0 Å². The number of halogens is 1. The van der Waals surface area contributed by atoms with Crippen LogP contribution in [0.25, 0.3) is 0 Å². The Kier molecular flexibility index (Phi) is 3.96. The predicted octanol–water partition coefficient (Wildman–Crippen LogP) is 2.82. The summed E-state index contributed by atoms with van der Waals surface area (Å²) in [5.41, 5.74) is 0.730. The molecule has 0 bridgehead atoms. The molecule has 100 valence electrons. The molecule has 0 saturated carbocycles. The fourth-order valence-corrected chi connectivity index (χ4v) is 2.10. The lowest BCUT2D eigenvalue weighted by Gasteiger charge is -2.05. The van der Waals surface area contributed by atoms with Gasteiger partial charge in [-0.1, -0.05) is 0 Å². The maximum absolute atomic E-state index is 13.5. The zero-order valence-electron chi connectivity index (χ0n) is 10.3. The average Bonchev–Trinajstić information content (AvgIpc) is 2.86. The number of benzene rings is 1. The Hall–Kier alpha value is -2.15. The normalized spacial score (nSPS) is 10.1. The summed E-state index contributed by atoms with van der Waals surface area (Å²) in [6.45, 7) is 0. The Morgan fingerprint density at radius 1 is 1.42 bits per heavy atom. The van der Waals surface area contributed by atoms with Gasteiger partial charge in [0.1, 0.15) is 0 Å². The molecule has 0 spiro atoms. The summed E-state index contributed by atoms with van der Waals surface area (Å²) in [5.74, 6) is -0.817. The number of thiazole rings is 1. The van der Waals surface area contributed by atoms with Crippen LogP contribution in [-0.2, 0) is 4.74 Å². The van der Waals surface area contributed by atoms with Crippen molar-refractivity contribution in [2.45, 2.75) is 0 Å². The van der Waals surface area contributed by atoms with E-state index in [1.54, 1.807) is 11.4 Å². The topological polar surface area (TPSA) is 60.5 Å². The number of anilines is 2. The van der Waals surface area contributed by atoms with Gasteiger partial charge in [-0.25, -0.2) is 14.2 Å². The van der Waals surface area contributed by atoms with Crippen LogP contribution in [0.3, 0.4) is 0 Å². The second-order valence-corrected chi connectivity index (χ2v) is 4.36. The van der Waals surface area contributed by atoms with Gasteiger partial charge in [-0.3, -0.25) is 0 Å². The van der Waals surface area contributed by atoms with Crippen molar-refractivity contribution in [3.8, 4) is 5.75 Å². The molecule has 19 heavy (non-hydrogen) atoms. The van der Waals surface area contributed by atoms with Gasteiger partial charge in [0.25, 0.3) is 0 Å². The number of nitrogens with zero attached hydrogens (tertiary/aromatic N) is 1. The Morgan fingerprint density at radius 3 is 2.84 bits per heavy atom. The summed E-state index contributed by atoms with van der Waals surface area (Å²) in [7, 11) is 2.68. The van der Waals surface area contributed by atoms with E-state index >= 15 is 0 Å². The molecule has 0 amide bonds. The molecule has 1 heterocycles. The fraction of sp³-hybridized carbons (Fsp3) is 0.167. The van der Waals surface area contributed by atoms with Crippen molar-refractivity contribution in [3.63, 3.8) is 0 Å². The largest absolute Gasteiger partial charge is 0.494 e. The lowest BCUT2D eigenvalue weighted by molar-refractivity contribution is 0.0595. The fourth-order valence-electron chi connectivity index (χ4n) is 1.40. The summed E-state index contributed by atoms with van der Waals surface area (Å²) >= 11 is 1.23. The highest BCUT2D eigenvalue weighted by Gasteiger charge is 2.11. The smallest absolute Gasteiger partial charge is 0.357 e. The third kappa shape index (κ3) is 3.00. The van der Waals surface area contributed by atoms with Crippen molar-refractivity contribution in [1.82, 2.24) is 4.98 Å². The number of nitrogens with one attached hydrogen (secondary N) is 1. The van der Waals surface area contributed by atoms with E-state index in [1.807, 2.05) is 0 Å². The maximum Gasteiger partial charge on any atom is 0.357 e. The van der Waals surface area contributed by atoms with Crippen LogP contribution < -0.4 is 10.1 Å².